The van der Waals surface area contributed by atoms with Crippen LogP contribution in [0.5, 0.6) is 0 Å². The Balaban J connectivity index is 2.05. The van der Waals surface area contributed by atoms with Crippen LogP contribution >= 0.6 is 0 Å². The van der Waals surface area contributed by atoms with E-state index in [9.17, 15) is 9.18 Å². The number of carbonyl (C=O) groups excluding carboxylic acids is 1. The van der Waals surface area contributed by atoms with Crippen molar-refractivity contribution in [1.82, 2.24) is 14.8 Å². The molecule has 7 heteroatoms. The third-order valence-electron chi connectivity index (χ3n) is 3.89. The maximum atomic E-state index is 14.0. The lowest BCUT2D eigenvalue weighted by Gasteiger charge is -2.22. The summed E-state index contributed by atoms with van der Waals surface area (Å²) in [6.07, 6.45) is 4.36. The second-order valence-electron chi connectivity index (χ2n) is 5.27. The summed E-state index contributed by atoms with van der Waals surface area (Å²) in [7, 11) is 2.91. The number of aromatic nitrogens is 2. The molecule has 0 bridgehead atoms. The molecule has 0 saturated carbocycles. The molecule has 0 radical (unpaired) electrons. The van der Waals surface area contributed by atoms with Gasteiger partial charge in [0.1, 0.15) is 11.7 Å². The zero-order chi connectivity index (χ0) is 15.7. The molecule has 0 aliphatic carbocycles. The smallest absolute Gasteiger partial charge is 0.277 e. The monoisotopic (exact) mass is 307 g/mol. The molecule has 1 aliphatic rings. The molecule has 1 unspecified atom stereocenters. The molecule has 22 heavy (non-hydrogen) atoms. The standard InChI is InChI=1S/C15H18FN3O3/c1-18(21-2)15(20)10-6-7-12(16)14-11(10)9-19(17-14)13-5-3-4-8-22-13/h6-7,9,13H,3-5,8H2,1-2H3. The maximum absolute atomic E-state index is 14.0. The third-order valence-corrected chi connectivity index (χ3v) is 3.89. The fourth-order valence-electron chi connectivity index (χ4n) is 2.61. The summed E-state index contributed by atoms with van der Waals surface area (Å²) in [5.74, 6) is -0.808. The van der Waals surface area contributed by atoms with Crippen LogP contribution in [0.25, 0.3) is 10.9 Å². The Morgan fingerprint density at radius 2 is 2.32 bits per heavy atom. The van der Waals surface area contributed by atoms with Gasteiger partial charge in [0, 0.05) is 25.2 Å². The van der Waals surface area contributed by atoms with Gasteiger partial charge in [0.25, 0.3) is 5.91 Å². The highest BCUT2D eigenvalue weighted by atomic mass is 19.1. The molecule has 0 spiro atoms. The lowest BCUT2D eigenvalue weighted by Crippen LogP contribution is -2.25. The molecule has 6 nitrogen and oxygen atoms in total. The van der Waals surface area contributed by atoms with E-state index in [1.807, 2.05) is 0 Å². The number of amides is 1. The molecular weight excluding hydrogens is 289 g/mol. The fraction of sp³-hybridized carbons (Fsp3) is 0.467. The van der Waals surface area contributed by atoms with Crippen LogP contribution in [0.4, 0.5) is 4.39 Å². The van der Waals surface area contributed by atoms with E-state index in [-0.39, 0.29) is 17.7 Å². The zero-order valence-corrected chi connectivity index (χ0v) is 12.6. The molecule has 1 aromatic heterocycles. The first-order valence-electron chi connectivity index (χ1n) is 7.23. The molecule has 1 aromatic carbocycles. The number of fused-ring (bicyclic) bond motifs is 1. The Hall–Kier alpha value is -1.99. The van der Waals surface area contributed by atoms with Gasteiger partial charge >= 0.3 is 0 Å². The lowest BCUT2D eigenvalue weighted by molar-refractivity contribution is -0.0755. The molecule has 1 fully saturated rings. The van der Waals surface area contributed by atoms with Crippen molar-refractivity contribution in [2.45, 2.75) is 25.5 Å². The van der Waals surface area contributed by atoms with Crippen LogP contribution in [0.15, 0.2) is 18.3 Å². The van der Waals surface area contributed by atoms with Gasteiger partial charge in [0.2, 0.25) is 0 Å². The first-order valence-corrected chi connectivity index (χ1v) is 7.23. The number of benzene rings is 1. The van der Waals surface area contributed by atoms with Gasteiger partial charge in [-0.25, -0.2) is 14.1 Å². The molecule has 0 N–H and O–H groups in total. The van der Waals surface area contributed by atoms with Gasteiger partial charge in [-0.1, -0.05) is 0 Å². The summed E-state index contributed by atoms with van der Waals surface area (Å²) >= 11 is 0. The van der Waals surface area contributed by atoms with Gasteiger partial charge in [0.15, 0.2) is 5.82 Å². The molecule has 1 amide bonds. The zero-order valence-electron chi connectivity index (χ0n) is 12.6. The number of carbonyl (C=O) groups is 1. The number of ether oxygens (including phenoxy) is 1. The Morgan fingerprint density at radius 1 is 1.50 bits per heavy atom. The van der Waals surface area contributed by atoms with E-state index in [1.165, 1.54) is 26.3 Å². The van der Waals surface area contributed by atoms with E-state index in [0.29, 0.717) is 17.6 Å². The Labute approximate surface area is 127 Å². The first-order chi connectivity index (χ1) is 10.6. The quantitative estimate of drug-likeness (QED) is 0.818. The minimum Gasteiger partial charge on any atom is -0.357 e. The van der Waals surface area contributed by atoms with E-state index >= 15 is 0 Å². The number of hydrogen-bond acceptors (Lipinski definition) is 4. The van der Waals surface area contributed by atoms with Gasteiger partial charge in [-0.2, -0.15) is 5.10 Å². The molecule has 1 aliphatic heterocycles. The number of nitrogens with zero attached hydrogens (tertiary/aromatic N) is 3. The topological polar surface area (TPSA) is 56.6 Å². The van der Waals surface area contributed by atoms with Gasteiger partial charge in [0.05, 0.1) is 12.7 Å². The highest BCUT2D eigenvalue weighted by Gasteiger charge is 2.22. The van der Waals surface area contributed by atoms with Crippen molar-refractivity contribution in [2.24, 2.45) is 0 Å². The average Bonchev–Trinajstić information content (AvgIpc) is 3.01. The van der Waals surface area contributed by atoms with E-state index < -0.39 is 5.82 Å². The van der Waals surface area contributed by atoms with Gasteiger partial charge in [-0.05, 0) is 31.4 Å². The molecule has 118 valence electrons. The van der Waals surface area contributed by atoms with Crippen LogP contribution in [0, 0.1) is 5.82 Å². The van der Waals surface area contributed by atoms with Crippen molar-refractivity contribution in [3.05, 3.63) is 29.7 Å². The van der Waals surface area contributed by atoms with Crippen molar-refractivity contribution in [3.63, 3.8) is 0 Å². The summed E-state index contributed by atoms with van der Waals surface area (Å²) in [5.41, 5.74) is 0.521. The Kier molecular flexibility index (Phi) is 4.08. The van der Waals surface area contributed by atoms with Crippen LogP contribution in [-0.4, -0.2) is 41.5 Å². The van der Waals surface area contributed by atoms with E-state index in [4.69, 9.17) is 9.57 Å². The maximum Gasteiger partial charge on any atom is 0.277 e. The second-order valence-corrected chi connectivity index (χ2v) is 5.27. The first kappa shape index (κ1) is 14.9. The molecule has 2 aromatic rings. The largest absolute Gasteiger partial charge is 0.357 e. The van der Waals surface area contributed by atoms with Crippen LogP contribution in [-0.2, 0) is 9.57 Å². The van der Waals surface area contributed by atoms with Crippen molar-refractivity contribution in [3.8, 4) is 0 Å². The average molecular weight is 307 g/mol. The molecule has 2 heterocycles. The van der Waals surface area contributed by atoms with Crippen molar-refractivity contribution in [1.29, 1.82) is 0 Å². The molecule has 1 saturated heterocycles. The predicted molar refractivity (Wildman–Crippen MR) is 77.6 cm³/mol. The number of hydroxylamine groups is 2. The van der Waals surface area contributed by atoms with Gasteiger partial charge in [-0.3, -0.25) is 9.63 Å². The molecular formula is C15H18FN3O3. The van der Waals surface area contributed by atoms with E-state index in [2.05, 4.69) is 5.10 Å². The van der Waals surface area contributed by atoms with Gasteiger partial charge in [-0.15, -0.1) is 0 Å². The minimum absolute atomic E-state index is 0.171. The van der Waals surface area contributed by atoms with E-state index in [1.54, 1.807) is 10.9 Å². The van der Waals surface area contributed by atoms with E-state index in [0.717, 1.165) is 24.3 Å². The Morgan fingerprint density at radius 3 is 3.00 bits per heavy atom. The van der Waals surface area contributed by atoms with Crippen LogP contribution in [0.2, 0.25) is 0 Å². The third kappa shape index (κ3) is 2.57. The lowest BCUT2D eigenvalue weighted by atomic mass is 10.1. The van der Waals surface area contributed by atoms with Crippen LogP contribution in [0.3, 0.4) is 0 Å². The normalized spacial score (nSPS) is 18.6. The SMILES string of the molecule is CON(C)C(=O)c1ccc(F)c2nn(C3CCCCO3)cc12. The number of rotatable bonds is 3. The summed E-state index contributed by atoms with van der Waals surface area (Å²) in [6, 6.07) is 2.70. The number of halogens is 1. The van der Waals surface area contributed by atoms with Crippen LogP contribution in [0.1, 0.15) is 35.8 Å². The van der Waals surface area contributed by atoms with Gasteiger partial charge < -0.3 is 4.74 Å². The van der Waals surface area contributed by atoms with Crippen molar-refractivity contribution >= 4 is 16.8 Å². The highest BCUT2D eigenvalue weighted by molar-refractivity contribution is 6.05. The summed E-state index contributed by atoms with van der Waals surface area (Å²) in [4.78, 5) is 17.2. The molecule has 1 atom stereocenters. The fourth-order valence-corrected chi connectivity index (χ4v) is 2.61. The summed E-state index contributed by atoms with van der Waals surface area (Å²) < 4.78 is 21.3. The highest BCUT2D eigenvalue weighted by Crippen LogP contribution is 2.27. The molecule has 3 rings (SSSR count). The Bertz CT molecular complexity index is 695. The summed E-state index contributed by atoms with van der Waals surface area (Å²) in [5, 5.41) is 5.83. The van der Waals surface area contributed by atoms with Crippen molar-refractivity contribution in [2.75, 3.05) is 20.8 Å². The minimum atomic E-state index is -0.457. The second kappa shape index (κ2) is 6.02. The number of hydrogen-bond donors (Lipinski definition) is 0. The van der Waals surface area contributed by atoms with Crippen LogP contribution < -0.4 is 0 Å². The predicted octanol–water partition coefficient (Wildman–Crippen LogP) is 2.51. The van der Waals surface area contributed by atoms with Crippen molar-refractivity contribution < 1.29 is 18.8 Å². The summed E-state index contributed by atoms with van der Waals surface area (Å²) in [6.45, 7) is 0.668.